The minimum Gasteiger partial charge on any atom is -0.360 e. The number of rotatable bonds is 5. The molecule has 0 aromatic rings. The highest BCUT2D eigenvalue weighted by Gasteiger charge is 2.33. The van der Waals surface area contributed by atoms with E-state index in [1.165, 1.54) is 45.4 Å². The molecular formula is C15H29N3S. The summed E-state index contributed by atoms with van der Waals surface area (Å²) < 4.78 is 0. The minimum absolute atomic E-state index is 0.613. The zero-order valence-electron chi connectivity index (χ0n) is 12.7. The Morgan fingerprint density at radius 1 is 1.32 bits per heavy atom. The lowest BCUT2D eigenvalue weighted by molar-refractivity contribution is 0.155. The van der Waals surface area contributed by atoms with Crippen molar-refractivity contribution >= 4 is 17.3 Å². The second kappa shape index (κ2) is 6.89. The average molecular weight is 283 g/mol. The van der Waals surface area contributed by atoms with E-state index in [1.54, 1.807) is 0 Å². The first-order valence-corrected chi connectivity index (χ1v) is 8.33. The number of thiocarbonyl (C=S) groups is 1. The highest BCUT2D eigenvalue weighted by molar-refractivity contribution is 7.80. The van der Waals surface area contributed by atoms with Gasteiger partial charge < -0.3 is 15.1 Å². The molecule has 2 fully saturated rings. The maximum absolute atomic E-state index is 5.50. The summed E-state index contributed by atoms with van der Waals surface area (Å²) in [6.07, 6.45) is 3.90. The van der Waals surface area contributed by atoms with Crippen molar-refractivity contribution in [1.29, 1.82) is 0 Å². The van der Waals surface area contributed by atoms with Crippen LogP contribution in [0.15, 0.2) is 0 Å². The summed E-state index contributed by atoms with van der Waals surface area (Å²) in [5.41, 5.74) is 0. The van der Waals surface area contributed by atoms with Crippen molar-refractivity contribution in [2.45, 2.75) is 46.1 Å². The molecule has 0 aromatic heterocycles. The molecule has 2 atom stereocenters. The van der Waals surface area contributed by atoms with Gasteiger partial charge in [0.1, 0.15) is 0 Å². The van der Waals surface area contributed by atoms with Gasteiger partial charge in [-0.3, -0.25) is 0 Å². The van der Waals surface area contributed by atoms with Crippen molar-refractivity contribution < 1.29 is 0 Å². The SMILES string of the molecule is CC[C@H](C)[C@H]1CNC(=S)N1CC1CCN(CC)CC1. The van der Waals surface area contributed by atoms with Crippen LogP contribution in [-0.4, -0.2) is 53.7 Å². The normalized spacial score (nSPS) is 27.6. The lowest BCUT2D eigenvalue weighted by Gasteiger charge is -2.36. The largest absolute Gasteiger partial charge is 0.360 e. The van der Waals surface area contributed by atoms with Crippen LogP contribution < -0.4 is 5.32 Å². The van der Waals surface area contributed by atoms with E-state index >= 15 is 0 Å². The van der Waals surface area contributed by atoms with Gasteiger partial charge in [0.05, 0.1) is 6.04 Å². The third-order valence-corrected chi connectivity index (χ3v) is 5.41. The van der Waals surface area contributed by atoms with Crippen LogP contribution in [-0.2, 0) is 0 Å². The molecule has 3 nitrogen and oxygen atoms in total. The number of likely N-dealkylation sites (tertiary alicyclic amines) is 1. The number of hydrogen-bond acceptors (Lipinski definition) is 2. The second-order valence-electron chi connectivity index (χ2n) is 6.17. The lowest BCUT2D eigenvalue weighted by atomic mass is 9.93. The monoisotopic (exact) mass is 283 g/mol. The Bertz CT molecular complexity index is 300. The van der Waals surface area contributed by atoms with Gasteiger partial charge in [0.2, 0.25) is 0 Å². The van der Waals surface area contributed by atoms with Crippen LogP contribution in [0.4, 0.5) is 0 Å². The Morgan fingerprint density at radius 3 is 2.58 bits per heavy atom. The lowest BCUT2D eigenvalue weighted by Crippen LogP contribution is -2.44. The molecule has 0 saturated carbocycles. The van der Waals surface area contributed by atoms with Crippen molar-refractivity contribution in [3.63, 3.8) is 0 Å². The Morgan fingerprint density at radius 2 is 2.00 bits per heavy atom. The maximum atomic E-state index is 5.50. The van der Waals surface area contributed by atoms with Crippen LogP contribution >= 0.6 is 12.2 Å². The van der Waals surface area contributed by atoms with E-state index in [-0.39, 0.29) is 0 Å². The van der Waals surface area contributed by atoms with Crippen LogP contribution in [0.1, 0.15) is 40.0 Å². The molecule has 0 bridgehead atoms. The van der Waals surface area contributed by atoms with Crippen molar-refractivity contribution in [1.82, 2.24) is 15.1 Å². The van der Waals surface area contributed by atoms with Gasteiger partial charge >= 0.3 is 0 Å². The topological polar surface area (TPSA) is 18.5 Å². The molecule has 2 heterocycles. The van der Waals surface area contributed by atoms with Crippen molar-refractivity contribution in [2.24, 2.45) is 11.8 Å². The number of piperidine rings is 1. The molecule has 4 heteroatoms. The molecule has 2 rings (SSSR count). The summed E-state index contributed by atoms with van der Waals surface area (Å²) in [6, 6.07) is 0.613. The maximum Gasteiger partial charge on any atom is 0.169 e. The molecule has 2 aliphatic heterocycles. The molecule has 110 valence electrons. The minimum atomic E-state index is 0.613. The Labute approximate surface area is 123 Å². The number of nitrogens with one attached hydrogen (secondary N) is 1. The molecule has 0 unspecified atom stereocenters. The summed E-state index contributed by atoms with van der Waals surface area (Å²) in [5, 5.41) is 4.38. The Kier molecular flexibility index (Phi) is 5.46. The van der Waals surface area contributed by atoms with E-state index in [4.69, 9.17) is 12.2 Å². The van der Waals surface area contributed by atoms with Gasteiger partial charge in [-0.2, -0.15) is 0 Å². The second-order valence-corrected chi connectivity index (χ2v) is 6.56. The smallest absolute Gasteiger partial charge is 0.169 e. The molecule has 0 radical (unpaired) electrons. The fourth-order valence-corrected chi connectivity index (χ4v) is 3.61. The van der Waals surface area contributed by atoms with Gasteiger partial charge in [-0.25, -0.2) is 0 Å². The van der Waals surface area contributed by atoms with Crippen LogP contribution in [0, 0.1) is 11.8 Å². The first kappa shape index (κ1) is 15.0. The zero-order chi connectivity index (χ0) is 13.8. The van der Waals surface area contributed by atoms with E-state index in [9.17, 15) is 0 Å². The van der Waals surface area contributed by atoms with Gasteiger partial charge in [-0.15, -0.1) is 0 Å². The predicted molar refractivity (Wildman–Crippen MR) is 85.4 cm³/mol. The summed E-state index contributed by atoms with van der Waals surface area (Å²) in [6.45, 7) is 12.8. The zero-order valence-corrected chi connectivity index (χ0v) is 13.5. The Hall–Kier alpha value is -0.350. The molecular weight excluding hydrogens is 254 g/mol. The van der Waals surface area contributed by atoms with Crippen molar-refractivity contribution in [2.75, 3.05) is 32.7 Å². The van der Waals surface area contributed by atoms with Gasteiger partial charge in [-0.05, 0) is 56.5 Å². The van der Waals surface area contributed by atoms with Crippen LogP contribution in [0.5, 0.6) is 0 Å². The molecule has 0 aliphatic carbocycles. The quantitative estimate of drug-likeness (QED) is 0.780. The van der Waals surface area contributed by atoms with Crippen molar-refractivity contribution in [3.8, 4) is 0 Å². The first-order valence-electron chi connectivity index (χ1n) is 7.92. The fourth-order valence-electron chi connectivity index (χ4n) is 3.32. The summed E-state index contributed by atoms with van der Waals surface area (Å²) in [4.78, 5) is 5.04. The van der Waals surface area contributed by atoms with E-state index in [2.05, 4.69) is 35.9 Å². The van der Waals surface area contributed by atoms with Gasteiger partial charge in [-0.1, -0.05) is 27.2 Å². The van der Waals surface area contributed by atoms with Crippen molar-refractivity contribution in [3.05, 3.63) is 0 Å². The van der Waals surface area contributed by atoms with Crippen LogP contribution in [0.2, 0.25) is 0 Å². The number of nitrogens with zero attached hydrogens (tertiary/aromatic N) is 2. The highest BCUT2D eigenvalue weighted by atomic mass is 32.1. The van der Waals surface area contributed by atoms with E-state index < -0.39 is 0 Å². The standard InChI is InChI=1S/C15H29N3S/c1-4-12(3)14-10-16-15(19)18(14)11-13-6-8-17(5-2)9-7-13/h12-14H,4-11H2,1-3H3,(H,16,19)/t12-,14+/m0/s1. The first-order chi connectivity index (χ1) is 9.15. The fraction of sp³-hybridized carbons (Fsp3) is 0.933. The van der Waals surface area contributed by atoms with Crippen LogP contribution in [0.25, 0.3) is 0 Å². The third kappa shape index (κ3) is 3.60. The Balaban J connectivity index is 1.88. The average Bonchev–Trinajstić information content (AvgIpc) is 2.80. The summed E-state index contributed by atoms with van der Waals surface area (Å²) in [7, 11) is 0. The van der Waals surface area contributed by atoms with Gasteiger partial charge in [0.15, 0.2) is 5.11 Å². The predicted octanol–water partition coefficient (Wildman–Crippen LogP) is 2.32. The summed E-state index contributed by atoms with van der Waals surface area (Å²) in [5.74, 6) is 1.55. The molecule has 1 N–H and O–H groups in total. The van der Waals surface area contributed by atoms with E-state index in [1.807, 2.05) is 0 Å². The molecule has 19 heavy (non-hydrogen) atoms. The highest BCUT2D eigenvalue weighted by Crippen LogP contribution is 2.24. The molecule has 0 amide bonds. The third-order valence-electron chi connectivity index (χ3n) is 5.03. The molecule has 2 saturated heterocycles. The number of hydrogen-bond donors (Lipinski definition) is 1. The van der Waals surface area contributed by atoms with Gasteiger partial charge in [0, 0.05) is 13.1 Å². The van der Waals surface area contributed by atoms with Crippen LogP contribution in [0.3, 0.4) is 0 Å². The summed E-state index contributed by atoms with van der Waals surface area (Å²) >= 11 is 5.50. The molecule has 0 spiro atoms. The van der Waals surface area contributed by atoms with E-state index in [0.29, 0.717) is 6.04 Å². The molecule has 2 aliphatic rings. The van der Waals surface area contributed by atoms with E-state index in [0.717, 1.165) is 23.5 Å². The molecule has 0 aromatic carbocycles. The van der Waals surface area contributed by atoms with Gasteiger partial charge in [0.25, 0.3) is 0 Å².